The van der Waals surface area contributed by atoms with Gasteiger partial charge in [0.2, 0.25) is 0 Å². The molecule has 1 rings (SSSR count). The molecule has 0 radical (unpaired) electrons. The summed E-state index contributed by atoms with van der Waals surface area (Å²) in [6.45, 7) is 3.49. The predicted octanol–water partition coefficient (Wildman–Crippen LogP) is 3.11. The minimum Gasteiger partial charge on any atom is -0.481 e. The Bertz CT molecular complexity index is 471. The Hall–Kier alpha value is -1.43. The molecule has 0 fully saturated rings. The smallest absolute Gasteiger partial charge is 0.304 e. The highest BCUT2D eigenvalue weighted by atomic mass is 79.9. The number of carboxylic acid groups (broad SMARTS) is 1. The van der Waals surface area contributed by atoms with E-state index in [9.17, 15) is 14.9 Å². The van der Waals surface area contributed by atoms with E-state index in [4.69, 9.17) is 5.11 Å². The summed E-state index contributed by atoms with van der Waals surface area (Å²) in [5.74, 6) is -0.930. The van der Waals surface area contributed by atoms with Gasteiger partial charge in [0.15, 0.2) is 0 Å². The van der Waals surface area contributed by atoms with Crippen molar-refractivity contribution >= 4 is 27.6 Å². The Morgan fingerprint density at radius 2 is 2.12 bits per heavy atom. The standard InChI is InChI=1S/C11H12BrNO4/c1-11(2,6-10(14)15)7-3-4-8(12)9(5-7)13(16)17/h3-5H,6H2,1-2H3,(H,14,15). The molecule has 0 spiro atoms. The molecular formula is C11H12BrNO4. The largest absolute Gasteiger partial charge is 0.481 e. The van der Waals surface area contributed by atoms with Gasteiger partial charge in [0.25, 0.3) is 5.69 Å². The first-order valence-electron chi connectivity index (χ1n) is 4.90. The molecule has 1 aromatic rings. The number of nitro groups is 1. The van der Waals surface area contributed by atoms with E-state index in [1.165, 1.54) is 6.07 Å². The summed E-state index contributed by atoms with van der Waals surface area (Å²) >= 11 is 3.09. The van der Waals surface area contributed by atoms with Crippen LogP contribution < -0.4 is 0 Å². The minimum atomic E-state index is -0.930. The summed E-state index contributed by atoms with van der Waals surface area (Å²) in [4.78, 5) is 21.0. The van der Waals surface area contributed by atoms with Crippen LogP contribution in [-0.4, -0.2) is 16.0 Å². The summed E-state index contributed by atoms with van der Waals surface area (Å²) in [6.07, 6.45) is -0.0776. The average Bonchev–Trinajstić information content (AvgIpc) is 2.15. The van der Waals surface area contributed by atoms with Gasteiger partial charge in [0.05, 0.1) is 15.8 Å². The normalized spacial score (nSPS) is 11.2. The molecule has 17 heavy (non-hydrogen) atoms. The van der Waals surface area contributed by atoms with Crippen molar-refractivity contribution in [2.24, 2.45) is 0 Å². The van der Waals surface area contributed by atoms with Crippen molar-refractivity contribution in [3.05, 3.63) is 38.3 Å². The zero-order valence-electron chi connectivity index (χ0n) is 9.44. The summed E-state index contributed by atoms with van der Waals surface area (Å²) in [7, 11) is 0. The molecule has 1 N–H and O–H groups in total. The SMILES string of the molecule is CC(C)(CC(=O)O)c1ccc(Br)c([N+](=O)[O-])c1. The van der Waals surface area contributed by atoms with Gasteiger partial charge in [-0.15, -0.1) is 0 Å². The van der Waals surface area contributed by atoms with E-state index in [0.717, 1.165) is 0 Å². The van der Waals surface area contributed by atoms with Crippen molar-refractivity contribution in [2.75, 3.05) is 0 Å². The zero-order chi connectivity index (χ0) is 13.2. The maximum absolute atomic E-state index is 10.8. The third-order valence-electron chi connectivity index (χ3n) is 2.52. The van der Waals surface area contributed by atoms with Gasteiger partial charge in [-0.3, -0.25) is 14.9 Å². The van der Waals surface area contributed by atoms with Crippen LogP contribution in [0.4, 0.5) is 5.69 Å². The number of aliphatic carboxylic acids is 1. The Balaban J connectivity index is 3.19. The van der Waals surface area contributed by atoms with Gasteiger partial charge in [-0.2, -0.15) is 0 Å². The number of carboxylic acids is 1. The van der Waals surface area contributed by atoms with Gasteiger partial charge in [-0.05, 0) is 27.6 Å². The summed E-state index contributed by atoms with van der Waals surface area (Å²) in [5, 5.41) is 19.6. The fourth-order valence-electron chi connectivity index (χ4n) is 1.55. The first-order chi connectivity index (χ1) is 7.74. The molecule has 0 bridgehead atoms. The van der Waals surface area contributed by atoms with Gasteiger partial charge < -0.3 is 5.11 Å². The van der Waals surface area contributed by atoms with E-state index < -0.39 is 16.3 Å². The highest BCUT2D eigenvalue weighted by Crippen LogP contribution is 2.33. The third-order valence-corrected chi connectivity index (χ3v) is 3.19. The van der Waals surface area contributed by atoms with Crippen molar-refractivity contribution in [1.29, 1.82) is 0 Å². The van der Waals surface area contributed by atoms with Crippen LogP contribution in [0.25, 0.3) is 0 Å². The van der Waals surface area contributed by atoms with Crippen LogP contribution in [0.2, 0.25) is 0 Å². The highest BCUT2D eigenvalue weighted by Gasteiger charge is 2.26. The summed E-state index contributed by atoms with van der Waals surface area (Å²) in [5.41, 5.74) is -0.0622. The van der Waals surface area contributed by atoms with Gasteiger partial charge >= 0.3 is 5.97 Å². The van der Waals surface area contributed by atoms with Crippen LogP contribution in [0, 0.1) is 10.1 Å². The number of nitrogens with zero attached hydrogens (tertiary/aromatic N) is 1. The van der Waals surface area contributed by atoms with Crippen molar-refractivity contribution in [3.8, 4) is 0 Å². The first kappa shape index (κ1) is 13.6. The Kier molecular flexibility index (Phi) is 3.87. The Morgan fingerprint density at radius 1 is 1.53 bits per heavy atom. The number of rotatable bonds is 4. The van der Waals surface area contributed by atoms with Gasteiger partial charge in [0.1, 0.15) is 0 Å². The molecule has 0 amide bonds. The van der Waals surface area contributed by atoms with Crippen molar-refractivity contribution in [1.82, 2.24) is 0 Å². The molecule has 0 aliphatic rings. The predicted molar refractivity (Wildman–Crippen MR) is 66.1 cm³/mol. The second-order valence-electron chi connectivity index (χ2n) is 4.38. The lowest BCUT2D eigenvalue weighted by Gasteiger charge is -2.22. The van der Waals surface area contributed by atoms with Crippen LogP contribution in [0.1, 0.15) is 25.8 Å². The maximum atomic E-state index is 10.8. The lowest BCUT2D eigenvalue weighted by atomic mass is 9.81. The first-order valence-corrected chi connectivity index (χ1v) is 5.69. The van der Waals surface area contributed by atoms with Crippen LogP contribution in [0.15, 0.2) is 22.7 Å². The van der Waals surface area contributed by atoms with Crippen molar-refractivity contribution in [2.45, 2.75) is 25.7 Å². The van der Waals surface area contributed by atoms with E-state index in [0.29, 0.717) is 10.0 Å². The van der Waals surface area contributed by atoms with E-state index in [1.54, 1.807) is 26.0 Å². The molecular weight excluding hydrogens is 290 g/mol. The minimum absolute atomic E-state index is 0.0547. The Labute approximate surface area is 107 Å². The zero-order valence-corrected chi connectivity index (χ0v) is 11.0. The number of nitro benzene ring substituents is 1. The summed E-state index contributed by atoms with van der Waals surface area (Å²) < 4.78 is 0.386. The molecule has 0 unspecified atom stereocenters. The highest BCUT2D eigenvalue weighted by molar-refractivity contribution is 9.10. The molecule has 5 nitrogen and oxygen atoms in total. The van der Waals surface area contributed by atoms with Crippen LogP contribution in [-0.2, 0) is 10.2 Å². The molecule has 0 saturated carbocycles. The van der Waals surface area contributed by atoms with Crippen LogP contribution >= 0.6 is 15.9 Å². The lowest BCUT2D eigenvalue weighted by molar-refractivity contribution is -0.385. The quantitative estimate of drug-likeness (QED) is 0.684. The molecule has 0 aliphatic heterocycles. The molecule has 1 aromatic carbocycles. The fourth-order valence-corrected chi connectivity index (χ4v) is 1.95. The van der Waals surface area contributed by atoms with Crippen molar-refractivity contribution in [3.63, 3.8) is 0 Å². The molecule has 0 heterocycles. The van der Waals surface area contributed by atoms with Crippen LogP contribution in [0.5, 0.6) is 0 Å². The topological polar surface area (TPSA) is 80.4 Å². The second-order valence-corrected chi connectivity index (χ2v) is 5.23. The number of halogens is 1. The monoisotopic (exact) mass is 301 g/mol. The summed E-state index contributed by atoms with van der Waals surface area (Å²) in [6, 6.07) is 4.67. The maximum Gasteiger partial charge on any atom is 0.304 e. The molecule has 6 heteroatoms. The molecule has 0 atom stereocenters. The number of benzene rings is 1. The lowest BCUT2D eigenvalue weighted by Crippen LogP contribution is -2.21. The van der Waals surface area contributed by atoms with Gasteiger partial charge in [0, 0.05) is 11.5 Å². The average molecular weight is 302 g/mol. The molecule has 0 aliphatic carbocycles. The van der Waals surface area contributed by atoms with Crippen molar-refractivity contribution < 1.29 is 14.8 Å². The van der Waals surface area contributed by atoms with E-state index >= 15 is 0 Å². The van der Waals surface area contributed by atoms with Gasteiger partial charge in [-0.1, -0.05) is 19.9 Å². The van der Waals surface area contributed by atoms with Gasteiger partial charge in [-0.25, -0.2) is 0 Å². The second kappa shape index (κ2) is 4.83. The van der Waals surface area contributed by atoms with E-state index in [-0.39, 0.29) is 12.1 Å². The van der Waals surface area contributed by atoms with Crippen LogP contribution in [0.3, 0.4) is 0 Å². The van der Waals surface area contributed by atoms with E-state index in [1.807, 2.05) is 0 Å². The fraction of sp³-hybridized carbons (Fsp3) is 0.364. The number of hydrogen-bond acceptors (Lipinski definition) is 3. The van der Waals surface area contributed by atoms with E-state index in [2.05, 4.69) is 15.9 Å². The third kappa shape index (κ3) is 3.26. The Morgan fingerprint density at radius 3 is 2.59 bits per heavy atom. The molecule has 0 saturated heterocycles. The number of carbonyl (C=O) groups is 1. The molecule has 0 aromatic heterocycles. The number of hydrogen-bond donors (Lipinski definition) is 1. The molecule has 92 valence electrons.